The van der Waals surface area contributed by atoms with Crippen LogP contribution in [0.3, 0.4) is 0 Å². The maximum absolute atomic E-state index is 12.3. The fourth-order valence-corrected chi connectivity index (χ4v) is 2.69. The Balaban J connectivity index is 2.52. The molecule has 0 spiro atoms. The molecule has 0 aliphatic carbocycles. The van der Waals surface area contributed by atoms with Gasteiger partial charge < -0.3 is 19.9 Å². The number of hydrogen-bond acceptors (Lipinski definition) is 6. The zero-order valence-corrected chi connectivity index (χ0v) is 13.9. The van der Waals surface area contributed by atoms with Crippen molar-refractivity contribution in [2.24, 2.45) is 5.73 Å². The molecule has 0 bridgehead atoms. The number of carbonyl (C=O) groups is 2. The van der Waals surface area contributed by atoms with Crippen molar-refractivity contribution in [3.63, 3.8) is 0 Å². The average Bonchev–Trinajstić information content (AvgIpc) is 2.91. The van der Waals surface area contributed by atoms with Crippen molar-refractivity contribution >= 4 is 23.0 Å². The molecule has 0 fully saturated rings. The lowest BCUT2D eigenvalue weighted by Crippen LogP contribution is -2.18. The molecular weight excluding hydrogens is 312 g/mol. The quantitative estimate of drug-likeness (QED) is 0.609. The Morgan fingerprint density at radius 2 is 1.88 bits per heavy atom. The smallest absolute Gasteiger partial charge is 0.418 e. The fourth-order valence-electron chi connectivity index (χ4n) is 2.69. The van der Waals surface area contributed by atoms with E-state index in [1.165, 1.54) is 18.8 Å². The number of para-hydroxylation sites is 1. The predicted molar refractivity (Wildman–Crippen MR) is 89.0 cm³/mol. The highest BCUT2D eigenvalue weighted by atomic mass is 16.5. The minimum absolute atomic E-state index is 0.0766. The first-order chi connectivity index (χ1) is 11.6. The number of nitrogens with zero attached hydrogens (tertiary/aromatic N) is 1. The normalized spacial score (nSPS) is 10.8. The van der Waals surface area contributed by atoms with Crippen LogP contribution in [0.25, 0.3) is 10.9 Å². The summed E-state index contributed by atoms with van der Waals surface area (Å²) in [7, 11) is 2.66. The summed E-state index contributed by atoms with van der Waals surface area (Å²) < 4.78 is 16.6. The number of benzene rings is 1. The van der Waals surface area contributed by atoms with Gasteiger partial charge in [0.2, 0.25) is 0 Å². The van der Waals surface area contributed by atoms with Crippen molar-refractivity contribution in [3.8, 4) is 0 Å². The first-order valence-electron chi connectivity index (χ1n) is 7.68. The van der Waals surface area contributed by atoms with Crippen LogP contribution < -0.4 is 5.73 Å². The van der Waals surface area contributed by atoms with Crippen LogP contribution in [0.2, 0.25) is 0 Å². The number of aromatic nitrogens is 1. The molecule has 2 rings (SSSR count). The second-order valence-corrected chi connectivity index (χ2v) is 5.15. The van der Waals surface area contributed by atoms with Gasteiger partial charge in [-0.15, -0.1) is 0 Å². The summed E-state index contributed by atoms with van der Waals surface area (Å²) in [6, 6.07) is 7.38. The molecule has 0 saturated carbocycles. The minimum Gasteiger partial charge on any atom is -0.469 e. The zero-order chi connectivity index (χ0) is 17.5. The number of hydrogen-bond donors (Lipinski definition) is 1. The molecule has 2 N–H and O–H groups in total. The highest BCUT2D eigenvalue weighted by Crippen LogP contribution is 2.28. The van der Waals surface area contributed by atoms with Crippen LogP contribution in [-0.4, -0.2) is 50.6 Å². The van der Waals surface area contributed by atoms with Crippen LogP contribution >= 0.6 is 0 Å². The van der Waals surface area contributed by atoms with E-state index < -0.39 is 6.09 Å². The molecule has 1 aromatic carbocycles. The molecule has 7 nitrogen and oxygen atoms in total. The van der Waals surface area contributed by atoms with Crippen molar-refractivity contribution < 1.29 is 23.8 Å². The second kappa shape index (κ2) is 8.47. The highest BCUT2D eigenvalue weighted by Gasteiger charge is 2.23. The summed E-state index contributed by atoms with van der Waals surface area (Å²) >= 11 is 0. The lowest BCUT2D eigenvalue weighted by molar-refractivity contribution is -0.139. The van der Waals surface area contributed by atoms with Crippen LogP contribution in [0, 0.1) is 0 Å². The molecule has 24 heavy (non-hydrogen) atoms. The Morgan fingerprint density at radius 1 is 1.12 bits per heavy atom. The van der Waals surface area contributed by atoms with Crippen molar-refractivity contribution in [1.29, 1.82) is 0 Å². The largest absolute Gasteiger partial charge is 0.469 e. The van der Waals surface area contributed by atoms with Gasteiger partial charge in [0.25, 0.3) is 0 Å². The summed E-state index contributed by atoms with van der Waals surface area (Å²) in [5, 5.41) is 0.821. The third-order valence-electron chi connectivity index (χ3n) is 3.74. The van der Waals surface area contributed by atoms with Gasteiger partial charge in [0.15, 0.2) is 0 Å². The molecule has 0 aliphatic heterocycles. The molecule has 0 saturated heterocycles. The molecule has 1 aromatic heterocycles. The van der Waals surface area contributed by atoms with Crippen molar-refractivity contribution in [2.45, 2.75) is 12.8 Å². The van der Waals surface area contributed by atoms with E-state index in [4.69, 9.17) is 19.9 Å². The molecule has 0 atom stereocenters. The van der Waals surface area contributed by atoms with Crippen molar-refractivity contribution in [1.82, 2.24) is 4.57 Å². The van der Waals surface area contributed by atoms with E-state index in [2.05, 4.69) is 0 Å². The van der Waals surface area contributed by atoms with Crippen LogP contribution in [0.15, 0.2) is 24.3 Å². The van der Waals surface area contributed by atoms with Crippen LogP contribution in [0.4, 0.5) is 4.79 Å². The molecule has 130 valence electrons. The highest BCUT2D eigenvalue weighted by molar-refractivity contribution is 5.95. The van der Waals surface area contributed by atoms with E-state index in [1.54, 1.807) is 0 Å². The van der Waals surface area contributed by atoms with Crippen molar-refractivity contribution in [2.75, 3.05) is 34.0 Å². The molecule has 0 unspecified atom stereocenters. The first-order valence-corrected chi connectivity index (χ1v) is 7.68. The summed E-state index contributed by atoms with van der Waals surface area (Å²) in [5.74, 6) is -0.369. The van der Waals surface area contributed by atoms with Gasteiger partial charge in [0, 0.05) is 24.0 Å². The van der Waals surface area contributed by atoms with Gasteiger partial charge in [0.1, 0.15) is 0 Å². The maximum atomic E-state index is 12.3. The van der Waals surface area contributed by atoms with E-state index in [0.29, 0.717) is 37.4 Å². The predicted octanol–water partition coefficient (Wildman–Crippen LogP) is 1.49. The van der Waals surface area contributed by atoms with E-state index in [9.17, 15) is 9.59 Å². The molecule has 0 amide bonds. The number of nitrogens with two attached hydrogens (primary N) is 1. The SMILES string of the molecule is COC(=O)Cc1c(CCOCCN)n(C(=O)OC)c2ccccc12. The number of rotatable bonds is 7. The summed E-state index contributed by atoms with van der Waals surface area (Å²) in [6.07, 6.45) is 0.0275. The zero-order valence-electron chi connectivity index (χ0n) is 13.9. The van der Waals surface area contributed by atoms with E-state index in [1.807, 2.05) is 24.3 Å². The summed E-state index contributed by atoms with van der Waals surface area (Å²) in [5.41, 5.74) is 7.54. The van der Waals surface area contributed by atoms with E-state index in [-0.39, 0.29) is 12.4 Å². The van der Waals surface area contributed by atoms with Crippen LogP contribution in [0.1, 0.15) is 11.3 Å². The third-order valence-corrected chi connectivity index (χ3v) is 3.74. The third kappa shape index (κ3) is 3.74. The topological polar surface area (TPSA) is 92.8 Å². The molecule has 0 aliphatic rings. The van der Waals surface area contributed by atoms with E-state index >= 15 is 0 Å². The van der Waals surface area contributed by atoms with Crippen molar-refractivity contribution in [3.05, 3.63) is 35.5 Å². The second-order valence-electron chi connectivity index (χ2n) is 5.15. The van der Waals surface area contributed by atoms with Gasteiger partial charge in [-0.2, -0.15) is 0 Å². The Bertz CT molecular complexity index is 723. The van der Waals surface area contributed by atoms with Gasteiger partial charge in [-0.05, 0) is 11.6 Å². The Kier molecular flexibility index (Phi) is 6.34. The number of ether oxygens (including phenoxy) is 3. The average molecular weight is 334 g/mol. The molecule has 2 aromatic rings. The van der Waals surface area contributed by atoms with Gasteiger partial charge >= 0.3 is 12.1 Å². The molecule has 1 heterocycles. The lowest BCUT2D eigenvalue weighted by atomic mass is 10.1. The molecular formula is C17H22N2O5. The van der Waals surface area contributed by atoms with Gasteiger partial charge in [-0.1, -0.05) is 18.2 Å². The number of carbonyl (C=O) groups excluding carboxylic acids is 2. The minimum atomic E-state index is -0.504. The Hall–Kier alpha value is -2.38. The fraction of sp³-hybridized carbons (Fsp3) is 0.412. The van der Waals surface area contributed by atoms with Crippen LogP contribution in [0.5, 0.6) is 0 Å². The molecule has 7 heteroatoms. The number of methoxy groups -OCH3 is 2. The number of fused-ring (bicyclic) bond motifs is 1. The van der Waals surface area contributed by atoms with Crippen LogP contribution in [-0.2, 0) is 31.8 Å². The Morgan fingerprint density at radius 3 is 2.54 bits per heavy atom. The lowest BCUT2D eigenvalue weighted by Gasteiger charge is -2.10. The first kappa shape index (κ1) is 18.0. The standard InChI is InChI=1S/C17H22N2O5/c1-22-16(20)11-13-12-5-3-4-6-14(12)19(17(21)23-2)15(13)7-9-24-10-8-18/h3-6H,7-11,18H2,1-2H3. The van der Waals surface area contributed by atoms with E-state index in [0.717, 1.165) is 10.9 Å². The Labute approximate surface area is 140 Å². The van der Waals surface area contributed by atoms with Gasteiger partial charge in [-0.25, -0.2) is 9.36 Å². The summed E-state index contributed by atoms with van der Waals surface area (Å²) in [4.78, 5) is 24.1. The molecule has 0 radical (unpaired) electrons. The van der Waals surface area contributed by atoms with Gasteiger partial charge in [-0.3, -0.25) is 4.79 Å². The maximum Gasteiger partial charge on any atom is 0.418 e. The van der Waals surface area contributed by atoms with Gasteiger partial charge in [0.05, 0.1) is 39.4 Å². The summed E-state index contributed by atoms with van der Waals surface area (Å²) in [6.45, 7) is 1.25. The monoisotopic (exact) mass is 334 g/mol. The number of esters is 1.